The molecule has 0 unspecified atom stereocenters. The van der Waals surface area contributed by atoms with E-state index >= 15 is 0 Å². The lowest BCUT2D eigenvalue weighted by atomic mass is 10.1. The van der Waals surface area contributed by atoms with Crippen LogP contribution >= 0.6 is 15.9 Å². The molecule has 0 saturated carbocycles. The number of hydrogen-bond acceptors (Lipinski definition) is 5. The van der Waals surface area contributed by atoms with Crippen LogP contribution < -0.4 is 14.8 Å². The van der Waals surface area contributed by atoms with Gasteiger partial charge < -0.3 is 14.8 Å². The highest BCUT2D eigenvalue weighted by Crippen LogP contribution is 2.32. The molecular weight excluding hydrogens is 498 g/mol. The third kappa shape index (κ3) is 4.94. The highest BCUT2D eigenvalue weighted by molar-refractivity contribution is 9.10. The predicted octanol–water partition coefficient (Wildman–Crippen LogP) is 5.64. The van der Waals surface area contributed by atoms with Gasteiger partial charge in [-0.2, -0.15) is 0 Å². The lowest BCUT2D eigenvalue weighted by Gasteiger charge is -2.13. The van der Waals surface area contributed by atoms with Gasteiger partial charge in [0.1, 0.15) is 0 Å². The van der Waals surface area contributed by atoms with Crippen LogP contribution in [0.15, 0.2) is 70.7 Å². The van der Waals surface area contributed by atoms with Gasteiger partial charge in [0, 0.05) is 21.3 Å². The van der Waals surface area contributed by atoms with Gasteiger partial charge in [0.25, 0.3) is 5.91 Å². The molecule has 0 aliphatic heterocycles. The monoisotopic (exact) mass is 519 g/mol. The number of anilines is 1. The Morgan fingerprint density at radius 3 is 2.29 bits per heavy atom. The number of rotatable bonds is 7. The second-order valence-corrected chi connectivity index (χ2v) is 8.61. The third-order valence-corrected chi connectivity index (χ3v) is 5.80. The fraction of sp³-hybridized carbons (Fsp3) is 0.148. The fourth-order valence-electron chi connectivity index (χ4n) is 3.67. The number of ether oxygens (including phenoxy) is 2. The molecule has 34 heavy (non-hydrogen) atoms. The van der Waals surface area contributed by atoms with E-state index in [1.165, 1.54) is 0 Å². The average molecular weight is 520 g/mol. The summed E-state index contributed by atoms with van der Waals surface area (Å²) in [6, 6.07) is 17.4. The van der Waals surface area contributed by atoms with Crippen LogP contribution in [0.5, 0.6) is 11.5 Å². The van der Waals surface area contributed by atoms with Crippen molar-refractivity contribution in [3.63, 3.8) is 0 Å². The molecule has 1 aliphatic carbocycles. The van der Waals surface area contributed by atoms with E-state index in [1.54, 1.807) is 48.5 Å². The minimum absolute atomic E-state index is 0.113. The van der Waals surface area contributed by atoms with E-state index in [9.17, 15) is 14.4 Å². The molecule has 0 atom stereocenters. The Kier molecular flexibility index (Phi) is 6.93. The lowest BCUT2D eigenvalue weighted by Crippen LogP contribution is -2.20. The first kappa shape index (κ1) is 23.4. The summed E-state index contributed by atoms with van der Waals surface area (Å²) >= 11 is 3.40. The van der Waals surface area contributed by atoms with Crippen molar-refractivity contribution in [1.29, 1.82) is 0 Å². The molecule has 0 bridgehead atoms. The molecule has 0 heterocycles. The first-order valence-corrected chi connectivity index (χ1v) is 11.5. The van der Waals surface area contributed by atoms with Crippen molar-refractivity contribution in [3.8, 4) is 11.5 Å². The van der Waals surface area contributed by atoms with Gasteiger partial charge >= 0.3 is 0 Å². The Balaban J connectivity index is 1.50. The number of Topliss-reactive ketones (excluding diaryl/α,β-unsaturated/α-hetero) is 2. The number of halogens is 1. The van der Waals surface area contributed by atoms with Gasteiger partial charge in [0.2, 0.25) is 0 Å². The number of hydrogen-bond donors (Lipinski definition) is 1. The molecule has 7 heteroatoms. The van der Waals surface area contributed by atoms with E-state index in [0.717, 1.165) is 10.0 Å². The van der Waals surface area contributed by atoms with Crippen molar-refractivity contribution in [2.24, 2.45) is 0 Å². The largest absolute Gasteiger partial charge is 0.490 e. The van der Waals surface area contributed by atoms with E-state index < -0.39 is 0 Å². The summed E-state index contributed by atoms with van der Waals surface area (Å²) in [7, 11) is 0. The van der Waals surface area contributed by atoms with Crippen LogP contribution in [0, 0.1) is 6.92 Å². The van der Waals surface area contributed by atoms with Crippen LogP contribution in [0.2, 0.25) is 0 Å². The molecule has 0 spiro atoms. The van der Waals surface area contributed by atoms with Crippen LogP contribution in [0.4, 0.5) is 5.69 Å². The van der Waals surface area contributed by atoms with E-state index in [1.807, 2.05) is 32.0 Å². The van der Waals surface area contributed by atoms with Crippen LogP contribution in [-0.4, -0.2) is 30.7 Å². The smallest absolute Gasteiger partial charge is 0.262 e. The summed E-state index contributed by atoms with van der Waals surface area (Å²) in [6.45, 7) is 3.91. The van der Waals surface area contributed by atoms with Gasteiger partial charge in [-0.15, -0.1) is 0 Å². The standard InChI is InChI=1S/C27H22BrNO5/c1-3-33-24-14-17(13-21-26(31)19-6-4-5-7-20(19)27(21)32)8-11-23(24)34-15-25(30)29-22-10-9-18(28)12-16(22)2/h4-14H,3,15H2,1-2H3,(H,29,30). The summed E-state index contributed by atoms with van der Waals surface area (Å²) in [5.41, 5.74) is 3.19. The van der Waals surface area contributed by atoms with Gasteiger partial charge in [-0.05, 0) is 61.4 Å². The maximum atomic E-state index is 12.7. The second kappa shape index (κ2) is 10.1. The number of fused-ring (bicyclic) bond motifs is 1. The average Bonchev–Trinajstić information content (AvgIpc) is 3.06. The van der Waals surface area contributed by atoms with E-state index in [-0.39, 0.29) is 29.7 Å². The Bertz CT molecular complexity index is 1290. The number of amides is 1. The SMILES string of the molecule is CCOc1cc(C=C2C(=O)c3ccccc3C2=O)ccc1OCC(=O)Nc1ccc(Br)cc1C. The zero-order chi connectivity index (χ0) is 24.2. The quantitative estimate of drug-likeness (QED) is 0.322. The summed E-state index contributed by atoms with van der Waals surface area (Å²) in [4.78, 5) is 37.7. The number of allylic oxidation sites excluding steroid dienone is 1. The van der Waals surface area contributed by atoms with E-state index in [4.69, 9.17) is 9.47 Å². The highest BCUT2D eigenvalue weighted by Gasteiger charge is 2.32. The molecule has 3 aromatic rings. The summed E-state index contributed by atoms with van der Waals surface area (Å²) < 4.78 is 12.3. The number of carbonyl (C=O) groups excluding carboxylic acids is 3. The van der Waals surface area contributed by atoms with Crippen LogP contribution in [0.25, 0.3) is 6.08 Å². The molecule has 3 aromatic carbocycles. The van der Waals surface area contributed by atoms with Crippen molar-refractivity contribution < 1.29 is 23.9 Å². The van der Waals surface area contributed by atoms with E-state index in [2.05, 4.69) is 21.2 Å². The first-order valence-electron chi connectivity index (χ1n) is 10.7. The topological polar surface area (TPSA) is 81.7 Å². The molecular formula is C27H22BrNO5. The van der Waals surface area contributed by atoms with Crippen molar-refractivity contribution >= 4 is 45.2 Å². The van der Waals surface area contributed by atoms with Gasteiger partial charge in [0.05, 0.1) is 12.2 Å². The number of aryl methyl sites for hydroxylation is 1. The Labute approximate surface area is 205 Å². The molecule has 172 valence electrons. The minimum atomic E-state index is -0.307. The normalized spacial score (nSPS) is 12.4. The number of benzene rings is 3. The van der Waals surface area contributed by atoms with Crippen LogP contribution in [0.3, 0.4) is 0 Å². The van der Waals surface area contributed by atoms with Crippen LogP contribution in [0.1, 0.15) is 38.8 Å². The third-order valence-electron chi connectivity index (χ3n) is 5.31. The Morgan fingerprint density at radius 1 is 0.941 bits per heavy atom. The molecule has 0 fully saturated rings. The van der Waals surface area contributed by atoms with Gasteiger partial charge in [-0.25, -0.2) is 0 Å². The zero-order valence-electron chi connectivity index (χ0n) is 18.7. The Hall–Kier alpha value is -3.71. The first-order chi connectivity index (χ1) is 16.4. The molecule has 4 rings (SSSR count). The molecule has 0 saturated heterocycles. The molecule has 1 amide bonds. The van der Waals surface area contributed by atoms with Crippen molar-refractivity contribution in [3.05, 3.63) is 93.0 Å². The molecule has 0 aromatic heterocycles. The van der Waals surface area contributed by atoms with E-state index in [0.29, 0.717) is 40.5 Å². The number of carbonyl (C=O) groups is 3. The van der Waals surface area contributed by atoms with Gasteiger partial charge in [-0.3, -0.25) is 14.4 Å². The lowest BCUT2D eigenvalue weighted by molar-refractivity contribution is -0.118. The summed E-state index contributed by atoms with van der Waals surface area (Å²) in [5.74, 6) is -0.0875. The molecule has 6 nitrogen and oxygen atoms in total. The zero-order valence-corrected chi connectivity index (χ0v) is 20.3. The highest BCUT2D eigenvalue weighted by atomic mass is 79.9. The second-order valence-electron chi connectivity index (χ2n) is 7.70. The predicted molar refractivity (Wildman–Crippen MR) is 134 cm³/mol. The van der Waals surface area contributed by atoms with Gasteiger partial charge in [0.15, 0.2) is 29.7 Å². The molecule has 1 N–H and O–H groups in total. The van der Waals surface area contributed by atoms with Crippen LogP contribution in [-0.2, 0) is 4.79 Å². The van der Waals surface area contributed by atoms with Gasteiger partial charge in [-0.1, -0.05) is 46.3 Å². The maximum absolute atomic E-state index is 12.7. The molecule has 0 radical (unpaired) electrons. The van der Waals surface area contributed by atoms with Crippen molar-refractivity contribution in [1.82, 2.24) is 0 Å². The van der Waals surface area contributed by atoms with Crippen molar-refractivity contribution in [2.75, 3.05) is 18.5 Å². The summed E-state index contributed by atoms with van der Waals surface area (Å²) in [6.07, 6.45) is 1.56. The summed E-state index contributed by atoms with van der Waals surface area (Å²) in [5, 5.41) is 2.83. The minimum Gasteiger partial charge on any atom is -0.490 e. The fourth-order valence-corrected chi connectivity index (χ4v) is 4.14. The number of nitrogens with one attached hydrogen (secondary N) is 1. The number of ketones is 2. The Morgan fingerprint density at radius 2 is 1.65 bits per heavy atom. The maximum Gasteiger partial charge on any atom is 0.262 e. The molecule has 1 aliphatic rings. The van der Waals surface area contributed by atoms with Crippen molar-refractivity contribution in [2.45, 2.75) is 13.8 Å².